The lowest BCUT2D eigenvalue weighted by Crippen LogP contribution is -2.22. The molecule has 0 rings (SSSR count). The molecule has 0 aromatic heterocycles. The van der Waals surface area contributed by atoms with Crippen molar-refractivity contribution in [3.63, 3.8) is 0 Å². The van der Waals surface area contributed by atoms with E-state index in [0.29, 0.717) is 6.54 Å². The molecule has 0 saturated carbocycles. The van der Waals surface area contributed by atoms with Crippen LogP contribution in [0.2, 0.25) is 0 Å². The third-order valence-electron chi connectivity index (χ3n) is 1.16. The van der Waals surface area contributed by atoms with Crippen LogP contribution in [0.4, 0.5) is 13.2 Å². The van der Waals surface area contributed by atoms with Crippen LogP contribution in [0.1, 0.15) is 6.92 Å². The van der Waals surface area contributed by atoms with Gasteiger partial charge in [-0.15, -0.1) is 0 Å². The van der Waals surface area contributed by atoms with Crippen LogP contribution in [0.3, 0.4) is 0 Å². The summed E-state index contributed by atoms with van der Waals surface area (Å²) in [5.74, 6) is 0. The van der Waals surface area contributed by atoms with E-state index in [-0.39, 0.29) is 6.29 Å². The predicted molar refractivity (Wildman–Crippen MR) is 42.4 cm³/mol. The number of carbonyl (C=O) groups is 1. The summed E-state index contributed by atoms with van der Waals surface area (Å²) in [6.07, 6.45) is -3.84. The topological polar surface area (TPSA) is 55.5 Å². The van der Waals surface area contributed by atoms with Gasteiger partial charge in [-0.1, -0.05) is 0 Å². The Morgan fingerprint density at radius 1 is 1.54 bits per heavy atom. The summed E-state index contributed by atoms with van der Waals surface area (Å²) in [6.45, 7) is 1.92. The summed E-state index contributed by atoms with van der Waals surface area (Å²) in [5.41, 5.74) is 2.62. The van der Waals surface area contributed by atoms with E-state index in [1.165, 1.54) is 0 Å². The largest absolute Gasteiger partial charge is 0.431 e. The first-order valence-electron chi connectivity index (χ1n) is 3.45. The number of aliphatic imine (C=N–C) groups is 1. The van der Waals surface area contributed by atoms with Gasteiger partial charge in [0, 0.05) is 12.8 Å². The zero-order valence-corrected chi connectivity index (χ0v) is 6.93. The molecule has 0 spiro atoms. The van der Waals surface area contributed by atoms with E-state index in [1.54, 1.807) is 6.92 Å². The van der Waals surface area contributed by atoms with Gasteiger partial charge in [0.05, 0.1) is 5.57 Å². The molecule has 0 bridgehead atoms. The minimum atomic E-state index is -4.68. The summed E-state index contributed by atoms with van der Waals surface area (Å²) < 4.78 is 35.7. The highest BCUT2D eigenvalue weighted by molar-refractivity contribution is 6.02. The Labute approximate surface area is 73.1 Å². The Kier molecular flexibility index (Phi) is 4.16. The standard InChI is InChI=1S/C7H9F3N2O/c1-2-12-3-5(4-13)6(11)7(8,9)10/h3-4H,2,11H2,1H3. The molecule has 0 aliphatic rings. The first-order chi connectivity index (χ1) is 5.93. The average molecular weight is 194 g/mol. The van der Waals surface area contributed by atoms with Crippen LogP contribution in [-0.4, -0.2) is 25.2 Å². The maximum atomic E-state index is 11.9. The zero-order chi connectivity index (χ0) is 10.5. The Hall–Kier alpha value is -1.33. The molecule has 0 radical (unpaired) electrons. The lowest BCUT2D eigenvalue weighted by Gasteiger charge is -2.06. The number of carbonyl (C=O) groups excluding carboxylic acids is 1. The van der Waals surface area contributed by atoms with Crippen molar-refractivity contribution in [1.82, 2.24) is 0 Å². The van der Waals surface area contributed by atoms with Crippen molar-refractivity contribution in [3.8, 4) is 0 Å². The minimum Gasteiger partial charge on any atom is -0.394 e. The summed E-state index contributed by atoms with van der Waals surface area (Å²) >= 11 is 0. The number of hydrogen-bond donors (Lipinski definition) is 1. The first kappa shape index (κ1) is 11.7. The molecule has 0 aliphatic heterocycles. The molecule has 0 atom stereocenters. The van der Waals surface area contributed by atoms with Crippen molar-refractivity contribution in [2.45, 2.75) is 13.1 Å². The second kappa shape index (κ2) is 4.64. The van der Waals surface area contributed by atoms with Crippen molar-refractivity contribution in [2.24, 2.45) is 10.7 Å². The number of allylic oxidation sites excluding steroid dienone is 2. The minimum absolute atomic E-state index is 0.0297. The van der Waals surface area contributed by atoms with Crippen molar-refractivity contribution < 1.29 is 18.0 Å². The number of aldehydes is 1. The second-order valence-electron chi connectivity index (χ2n) is 2.11. The van der Waals surface area contributed by atoms with E-state index in [4.69, 9.17) is 0 Å². The maximum absolute atomic E-state index is 11.9. The van der Waals surface area contributed by atoms with Crippen molar-refractivity contribution in [1.29, 1.82) is 0 Å². The summed E-state index contributed by atoms with van der Waals surface area (Å²) in [6, 6.07) is 0. The van der Waals surface area contributed by atoms with Gasteiger partial charge in [0.1, 0.15) is 5.70 Å². The molecule has 3 nitrogen and oxygen atoms in total. The SMILES string of the molecule is CCN=CC(C=O)=C(N)C(F)(F)F. The smallest absolute Gasteiger partial charge is 0.394 e. The molecule has 0 heterocycles. The van der Waals surface area contributed by atoms with Crippen molar-refractivity contribution in [2.75, 3.05) is 6.54 Å². The molecule has 0 aromatic rings. The van der Waals surface area contributed by atoms with E-state index < -0.39 is 17.4 Å². The third kappa shape index (κ3) is 3.73. The van der Waals surface area contributed by atoms with Gasteiger partial charge < -0.3 is 5.73 Å². The molecule has 0 aromatic carbocycles. The third-order valence-corrected chi connectivity index (χ3v) is 1.16. The number of hydrogen-bond acceptors (Lipinski definition) is 3. The Balaban J connectivity index is 4.91. The van der Waals surface area contributed by atoms with Crippen LogP contribution in [-0.2, 0) is 4.79 Å². The Morgan fingerprint density at radius 3 is 2.38 bits per heavy atom. The molecule has 74 valence electrons. The fourth-order valence-electron chi connectivity index (χ4n) is 0.517. The van der Waals surface area contributed by atoms with Crippen LogP contribution < -0.4 is 5.73 Å². The molecule has 0 amide bonds. The van der Waals surface area contributed by atoms with Crippen molar-refractivity contribution in [3.05, 3.63) is 11.3 Å². The monoisotopic (exact) mass is 194 g/mol. The summed E-state index contributed by atoms with van der Waals surface area (Å²) in [4.78, 5) is 13.7. The number of alkyl halides is 3. The van der Waals surface area contributed by atoms with Gasteiger partial charge in [0.25, 0.3) is 0 Å². The highest BCUT2D eigenvalue weighted by Gasteiger charge is 2.33. The van der Waals surface area contributed by atoms with Crippen LogP contribution in [0.5, 0.6) is 0 Å². The summed E-state index contributed by atoms with van der Waals surface area (Å²) in [7, 11) is 0. The quantitative estimate of drug-likeness (QED) is 0.414. The second-order valence-corrected chi connectivity index (χ2v) is 2.11. The number of halogens is 3. The highest BCUT2D eigenvalue weighted by Crippen LogP contribution is 2.22. The van der Waals surface area contributed by atoms with Crippen LogP contribution in [0.15, 0.2) is 16.3 Å². The first-order valence-corrected chi connectivity index (χ1v) is 3.45. The normalized spacial score (nSPS) is 14.5. The molecular formula is C7H9F3N2O. The van der Waals surface area contributed by atoms with Crippen LogP contribution >= 0.6 is 0 Å². The average Bonchev–Trinajstić information content (AvgIpc) is 2.04. The van der Waals surface area contributed by atoms with Crippen molar-refractivity contribution >= 4 is 12.5 Å². The Bertz CT molecular complexity index is 243. The van der Waals surface area contributed by atoms with Gasteiger partial charge in [-0.3, -0.25) is 9.79 Å². The van der Waals surface area contributed by atoms with Gasteiger partial charge >= 0.3 is 6.18 Å². The maximum Gasteiger partial charge on any atom is 0.431 e. The van der Waals surface area contributed by atoms with E-state index in [9.17, 15) is 18.0 Å². The molecule has 13 heavy (non-hydrogen) atoms. The molecule has 0 fully saturated rings. The fourth-order valence-corrected chi connectivity index (χ4v) is 0.517. The molecule has 0 saturated heterocycles. The molecule has 0 aliphatic carbocycles. The zero-order valence-electron chi connectivity index (χ0n) is 6.93. The van der Waals surface area contributed by atoms with Crippen LogP contribution in [0, 0.1) is 0 Å². The van der Waals surface area contributed by atoms with Gasteiger partial charge in [0.2, 0.25) is 0 Å². The number of nitrogens with two attached hydrogens (primary N) is 1. The predicted octanol–water partition coefficient (Wildman–Crippen LogP) is 1.05. The molecular weight excluding hydrogens is 185 g/mol. The molecule has 2 N–H and O–H groups in total. The lowest BCUT2D eigenvalue weighted by molar-refractivity contribution is -0.107. The molecule has 6 heteroatoms. The Morgan fingerprint density at radius 2 is 2.08 bits per heavy atom. The fraction of sp³-hybridized carbons (Fsp3) is 0.429. The molecule has 0 unspecified atom stereocenters. The van der Waals surface area contributed by atoms with E-state index in [2.05, 4.69) is 10.7 Å². The van der Waals surface area contributed by atoms with Gasteiger partial charge in [0.15, 0.2) is 6.29 Å². The van der Waals surface area contributed by atoms with E-state index in [1.807, 2.05) is 0 Å². The number of nitrogens with zero attached hydrogens (tertiary/aromatic N) is 1. The lowest BCUT2D eigenvalue weighted by atomic mass is 10.2. The highest BCUT2D eigenvalue weighted by atomic mass is 19.4. The van der Waals surface area contributed by atoms with Gasteiger partial charge in [-0.25, -0.2) is 0 Å². The van der Waals surface area contributed by atoms with E-state index >= 15 is 0 Å². The van der Waals surface area contributed by atoms with E-state index in [0.717, 1.165) is 6.21 Å². The number of rotatable bonds is 3. The van der Waals surface area contributed by atoms with Crippen LogP contribution in [0.25, 0.3) is 0 Å². The van der Waals surface area contributed by atoms with Gasteiger partial charge in [-0.2, -0.15) is 13.2 Å². The van der Waals surface area contributed by atoms with Gasteiger partial charge in [-0.05, 0) is 6.92 Å². The summed E-state index contributed by atoms with van der Waals surface area (Å²) in [5, 5.41) is 0.